The Kier molecular flexibility index (Phi) is 7.51. The summed E-state index contributed by atoms with van der Waals surface area (Å²) in [5, 5.41) is 71.5. The van der Waals surface area contributed by atoms with E-state index in [0.29, 0.717) is 6.42 Å². The lowest BCUT2D eigenvalue weighted by molar-refractivity contribution is -0.242. The summed E-state index contributed by atoms with van der Waals surface area (Å²) in [6, 6.07) is 5.50. The lowest BCUT2D eigenvalue weighted by Crippen LogP contribution is -2.56. The maximum absolute atomic E-state index is 13.0. The highest BCUT2D eigenvalue weighted by Gasteiger charge is 2.49. The highest BCUT2D eigenvalue weighted by atomic mass is 16.6. The minimum absolute atomic E-state index is 0.132. The van der Waals surface area contributed by atoms with Crippen molar-refractivity contribution in [3.63, 3.8) is 0 Å². The number of esters is 1. The Morgan fingerprint density at radius 3 is 2.34 bits per heavy atom. The molecule has 0 saturated carbocycles. The molecule has 1 aliphatic heterocycles. The third-order valence-corrected chi connectivity index (χ3v) is 6.68. The zero-order valence-electron chi connectivity index (χ0n) is 20.4. The second kappa shape index (κ2) is 10.5. The maximum atomic E-state index is 13.0. The third kappa shape index (κ3) is 4.74. The smallest absolute Gasteiger partial charge is 0.309 e. The quantitative estimate of drug-likeness (QED) is 0.178. The van der Waals surface area contributed by atoms with E-state index in [1.54, 1.807) is 13.8 Å². The molecule has 2 aromatic carbocycles. The molecular formula is C26H28O12. The summed E-state index contributed by atoms with van der Waals surface area (Å²) < 4.78 is 17.1. The van der Waals surface area contributed by atoms with Crippen molar-refractivity contribution in [3.05, 3.63) is 46.1 Å². The highest BCUT2D eigenvalue weighted by Crippen LogP contribution is 2.45. The molecule has 204 valence electrons. The van der Waals surface area contributed by atoms with Crippen molar-refractivity contribution in [1.82, 2.24) is 0 Å². The second-order valence-electron chi connectivity index (χ2n) is 9.18. The van der Waals surface area contributed by atoms with Gasteiger partial charge in [-0.05, 0) is 24.6 Å². The zero-order chi connectivity index (χ0) is 27.9. The topological polar surface area (TPSA) is 207 Å². The number of aromatic hydroxyl groups is 4. The van der Waals surface area contributed by atoms with Gasteiger partial charge in [0.05, 0.1) is 18.1 Å². The van der Waals surface area contributed by atoms with Gasteiger partial charge in [-0.25, -0.2) is 0 Å². The monoisotopic (exact) mass is 532 g/mol. The van der Waals surface area contributed by atoms with Gasteiger partial charge in [0.15, 0.2) is 28.6 Å². The number of hydrogen-bond donors (Lipinski definition) is 7. The summed E-state index contributed by atoms with van der Waals surface area (Å²) in [5.41, 5.74) is -1.30. The third-order valence-electron chi connectivity index (χ3n) is 6.68. The number of carbonyl (C=O) groups excluding carboxylic acids is 1. The van der Waals surface area contributed by atoms with E-state index in [1.807, 2.05) is 0 Å². The predicted octanol–water partition coefficient (Wildman–Crippen LogP) is 1.39. The normalized spacial score (nSPS) is 24.3. The molecule has 2 heterocycles. The van der Waals surface area contributed by atoms with Crippen molar-refractivity contribution < 1.29 is 54.4 Å². The maximum Gasteiger partial charge on any atom is 0.309 e. The Balaban J connectivity index is 1.96. The van der Waals surface area contributed by atoms with Crippen LogP contribution in [0.1, 0.15) is 31.9 Å². The van der Waals surface area contributed by atoms with Gasteiger partial charge in [-0.2, -0.15) is 0 Å². The molecule has 1 aliphatic rings. The average Bonchev–Trinajstić information content (AvgIpc) is 2.88. The number of benzene rings is 2. The molecule has 4 rings (SSSR count). The van der Waals surface area contributed by atoms with Gasteiger partial charge in [0, 0.05) is 17.7 Å². The molecule has 0 bridgehead atoms. The molecule has 0 aliphatic carbocycles. The van der Waals surface area contributed by atoms with Crippen LogP contribution in [0.25, 0.3) is 22.3 Å². The minimum atomic E-state index is -1.77. The van der Waals surface area contributed by atoms with Crippen molar-refractivity contribution in [2.75, 3.05) is 6.61 Å². The number of carbonyl (C=O) groups is 1. The van der Waals surface area contributed by atoms with Crippen LogP contribution in [0.15, 0.2) is 39.5 Å². The van der Waals surface area contributed by atoms with E-state index in [4.69, 9.17) is 13.9 Å². The molecule has 6 atom stereocenters. The van der Waals surface area contributed by atoms with Gasteiger partial charge in [-0.3, -0.25) is 9.59 Å². The molecule has 1 aromatic heterocycles. The summed E-state index contributed by atoms with van der Waals surface area (Å²) in [4.78, 5) is 25.7. The number of hydrogen-bond acceptors (Lipinski definition) is 12. The first kappa shape index (κ1) is 27.2. The van der Waals surface area contributed by atoms with Gasteiger partial charge < -0.3 is 49.6 Å². The summed E-state index contributed by atoms with van der Waals surface area (Å²) >= 11 is 0. The van der Waals surface area contributed by atoms with Crippen molar-refractivity contribution in [2.45, 2.75) is 50.8 Å². The van der Waals surface area contributed by atoms with Crippen LogP contribution >= 0.6 is 0 Å². The molecule has 0 spiro atoms. The van der Waals surface area contributed by atoms with E-state index < -0.39 is 83.0 Å². The van der Waals surface area contributed by atoms with Gasteiger partial charge in [0.1, 0.15) is 47.1 Å². The fourth-order valence-corrected chi connectivity index (χ4v) is 4.29. The van der Waals surface area contributed by atoms with Crippen LogP contribution in [0.2, 0.25) is 0 Å². The fourth-order valence-electron chi connectivity index (χ4n) is 4.29. The van der Waals surface area contributed by atoms with E-state index in [9.17, 15) is 45.3 Å². The molecule has 1 fully saturated rings. The number of fused-ring (bicyclic) bond motifs is 1. The molecule has 12 nitrogen and oxygen atoms in total. The highest BCUT2D eigenvalue weighted by molar-refractivity contribution is 5.89. The first-order chi connectivity index (χ1) is 18.0. The van der Waals surface area contributed by atoms with Crippen LogP contribution in [0.3, 0.4) is 0 Å². The largest absolute Gasteiger partial charge is 0.507 e. The molecular weight excluding hydrogens is 504 g/mol. The van der Waals surface area contributed by atoms with Gasteiger partial charge in [0.2, 0.25) is 0 Å². The van der Waals surface area contributed by atoms with Gasteiger partial charge in [-0.1, -0.05) is 13.8 Å². The van der Waals surface area contributed by atoms with E-state index in [2.05, 4.69) is 0 Å². The summed E-state index contributed by atoms with van der Waals surface area (Å²) in [5.74, 6) is -3.67. The van der Waals surface area contributed by atoms with Gasteiger partial charge in [-0.15, -0.1) is 0 Å². The van der Waals surface area contributed by atoms with Crippen LogP contribution in [0.4, 0.5) is 0 Å². The van der Waals surface area contributed by atoms with E-state index in [1.165, 1.54) is 6.07 Å². The van der Waals surface area contributed by atoms with Crippen molar-refractivity contribution >= 4 is 16.9 Å². The number of phenolic OH excluding ortho intramolecular Hbond substituents is 4. The van der Waals surface area contributed by atoms with Crippen LogP contribution in [-0.4, -0.2) is 72.7 Å². The zero-order valence-corrected chi connectivity index (χ0v) is 20.4. The number of aliphatic hydroxyl groups is 3. The molecule has 12 heteroatoms. The Morgan fingerprint density at radius 2 is 1.71 bits per heavy atom. The number of ether oxygens (including phenoxy) is 2. The van der Waals surface area contributed by atoms with E-state index >= 15 is 0 Å². The lowest BCUT2D eigenvalue weighted by Gasteiger charge is -2.42. The van der Waals surface area contributed by atoms with E-state index in [0.717, 1.165) is 24.3 Å². The molecule has 0 unspecified atom stereocenters. The Hall–Kier alpha value is -3.84. The number of phenols is 4. The van der Waals surface area contributed by atoms with Crippen LogP contribution in [-0.2, 0) is 14.3 Å². The molecule has 7 N–H and O–H groups in total. The Morgan fingerprint density at radius 1 is 1.00 bits per heavy atom. The lowest BCUT2D eigenvalue weighted by atomic mass is 9.89. The number of aliphatic hydroxyl groups excluding tert-OH is 3. The standard InChI is InChI=1S/C26H28O12/c1-3-10(2)26(35)38-25-22(34)21(33)18(9-27)37-24(25)20-15(31)7-14(30)19-16(32)8-17(36-23(19)20)11-4-5-12(28)13(29)6-11/h4-8,10,18,21-22,24-25,27-31,33-34H,3,9H2,1-2H3/t10-,18+,21-,22-,24-,25-/m0/s1. The SMILES string of the molecule is CC[C@H](C)C(=O)O[C@H]1[C@@H](O)[C@@H](O)[C@@H](CO)O[C@H]1c1c(O)cc(O)c2c(=O)cc(-c3ccc(O)c(O)c3)oc12. The van der Waals surface area contributed by atoms with Gasteiger partial charge in [0.25, 0.3) is 0 Å². The first-order valence-corrected chi connectivity index (χ1v) is 11.9. The average molecular weight is 532 g/mol. The molecule has 3 aromatic rings. The molecule has 0 amide bonds. The van der Waals surface area contributed by atoms with Crippen molar-refractivity contribution in [2.24, 2.45) is 5.92 Å². The summed E-state index contributed by atoms with van der Waals surface area (Å²) in [7, 11) is 0. The summed E-state index contributed by atoms with van der Waals surface area (Å²) in [6.45, 7) is 2.58. The molecule has 1 saturated heterocycles. The van der Waals surface area contributed by atoms with Crippen LogP contribution in [0, 0.1) is 5.92 Å². The molecule has 38 heavy (non-hydrogen) atoms. The van der Waals surface area contributed by atoms with Crippen LogP contribution in [0.5, 0.6) is 23.0 Å². The second-order valence-corrected chi connectivity index (χ2v) is 9.18. The summed E-state index contributed by atoms with van der Waals surface area (Å²) in [6.07, 6.45) is -7.58. The minimum Gasteiger partial charge on any atom is -0.507 e. The molecule has 0 radical (unpaired) electrons. The predicted molar refractivity (Wildman–Crippen MR) is 131 cm³/mol. The van der Waals surface area contributed by atoms with E-state index in [-0.39, 0.29) is 22.3 Å². The Labute approximate surface area is 215 Å². The van der Waals surface area contributed by atoms with Crippen LogP contribution < -0.4 is 5.43 Å². The van der Waals surface area contributed by atoms with Crippen molar-refractivity contribution in [1.29, 1.82) is 0 Å². The Bertz CT molecular complexity index is 1410. The fraction of sp³-hybridized carbons (Fsp3) is 0.385. The number of rotatable bonds is 6. The van der Waals surface area contributed by atoms with Crippen molar-refractivity contribution in [3.8, 4) is 34.3 Å². The first-order valence-electron chi connectivity index (χ1n) is 11.9. The van der Waals surface area contributed by atoms with Gasteiger partial charge >= 0.3 is 5.97 Å².